The number of halogens is 1. The Balaban J connectivity index is 2.11. The summed E-state index contributed by atoms with van der Waals surface area (Å²) in [6, 6.07) is 12.3. The van der Waals surface area contributed by atoms with Crippen LogP contribution >= 0.6 is 27.7 Å². The van der Waals surface area contributed by atoms with Crippen molar-refractivity contribution in [2.45, 2.75) is 16.5 Å². The summed E-state index contributed by atoms with van der Waals surface area (Å²) in [7, 11) is 1.93. The van der Waals surface area contributed by atoms with Gasteiger partial charge in [-0.1, -0.05) is 30.0 Å². The second-order valence-electron chi connectivity index (χ2n) is 3.57. The second kappa shape index (κ2) is 6.19. The van der Waals surface area contributed by atoms with Crippen LogP contribution in [0.15, 0.2) is 57.0 Å². The first-order valence-corrected chi connectivity index (χ1v) is 6.92. The lowest BCUT2D eigenvalue weighted by atomic mass is 10.3. The Morgan fingerprint density at radius 2 is 2.06 bits per heavy atom. The van der Waals surface area contributed by atoms with Gasteiger partial charge in [-0.25, -0.2) is 4.98 Å². The molecule has 1 aromatic heterocycles. The first kappa shape index (κ1) is 12.6. The molecule has 0 bridgehead atoms. The summed E-state index contributed by atoms with van der Waals surface area (Å²) >= 11 is 5.20. The van der Waals surface area contributed by atoms with Crippen LogP contribution < -0.4 is 5.32 Å². The Morgan fingerprint density at radius 3 is 2.71 bits per heavy atom. The van der Waals surface area contributed by atoms with E-state index in [1.807, 2.05) is 31.4 Å². The smallest absolute Gasteiger partial charge is 0.101 e. The van der Waals surface area contributed by atoms with Crippen molar-refractivity contribution >= 4 is 27.7 Å². The molecule has 0 aliphatic carbocycles. The summed E-state index contributed by atoms with van der Waals surface area (Å²) in [5.74, 6) is 0. The predicted octanol–water partition coefficient (Wildman–Crippen LogP) is 3.71. The summed E-state index contributed by atoms with van der Waals surface area (Å²) in [5, 5.41) is 4.12. The molecule has 1 heterocycles. The lowest BCUT2D eigenvalue weighted by Gasteiger charge is -2.04. The van der Waals surface area contributed by atoms with Crippen molar-refractivity contribution in [3.8, 4) is 0 Å². The summed E-state index contributed by atoms with van der Waals surface area (Å²) in [4.78, 5) is 5.62. The molecule has 0 unspecified atom stereocenters. The van der Waals surface area contributed by atoms with Crippen LogP contribution in [-0.2, 0) is 6.54 Å². The third kappa shape index (κ3) is 3.56. The highest BCUT2D eigenvalue weighted by Gasteiger charge is 2.02. The molecule has 17 heavy (non-hydrogen) atoms. The minimum absolute atomic E-state index is 0.854. The molecule has 2 aromatic rings. The van der Waals surface area contributed by atoms with E-state index in [2.05, 4.69) is 44.4 Å². The maximum Gasteiger partial charge on any atom is 0.101 e. The third-order valence-corrected chi connectivity index (χ3v) is 4.21. The van der Waals surface area contributed by atoms with Gasteiger partial charge in [0.25, 0.3) is 0 Å². The molecule has 1 N–H and O–H groups in total. The Labute approximate surface area is 114 Å². The van der Waals surface area contributed by atoms with Gasteiger partial charge in [0.1, 0.15) is 5.03 Å². The summed E-state index contributed by atoms with van der Waals surface area (Å²) in [6.07, 6.45) is 1.91. The average Bonchev–Trinajstić information content (AvgIpc) is 2.35. The van der Waals surface area contributed by atoms with Gasteiger partial charge in [0.05, 0.1) is 0 Å². The zero-order chi connectivity index (χ0) is 12.1. The lowest BCUT2D eigenvalue weighted by molar-refractivity contribution is 0.809. The van der Waals surface area contributed by atoms with E-state index in [0.29, 0.717) is 0 Å². The van der Waals surface area contributed by atoms with Crippen molar-refractivity contribution < 1.29 is 0 Å². The average molecular weight is 309 g/mol. The standard InChI is InChI=1S/C13H13BrN2S/c1-15-8-10-6-7-13(16-9-10)17-12-5-3-2-4-11(12)14/h2-7,9,15H,8H2,1H3. The first-order valence-electron chi connectivity index (χ1n) is 5.31. The number of pyridine rings is 1. The van der Waals surface area contributed by atoms with Gasteiger partial charge in [-0.15, -0.1) is 0 Å². The highest BCUT2D eigenvalue weighted by molar-refractivity contribution is 9.10. The molecule has 0 saturated heterocycles. The summed E-state index contributed by atoms with van der Waals surface area (Å²) in [6.45, 7) is 0.854. The van der Waals surface area contributed by atoms with Crippen LogP contribution in [0.2, 0.25) is 0 Å². The first-order chi connectivity index (χ1) is 8.29. The molecule has 0 radical (unpaired) electrons. The highest BCUT2D eigenvalue weighted by atomic mass is 79.9. The van der Waals surface area contributed by atoms with E-state index in [9.17, 15) is 0 Å². The van der Waals surface area contributed by atoms with Gasteiger partial charge < -0.3 is 5.32 Å². The fourth-order valence-electron chi connectivity index (χ4n) is 1.42. The van der Waals surface area contributed by atoms with Crippen molar-refractivity contribution in [3.63, 3.8) is 0 Å². The minimum atomic E-state index is 0.854. The van der Waals surface area contributed by atoms with Crippen molar-refractivity contribution in [2.24, 2.45) is 0 Å². The van der Waals surface area contributed by atoms with Crippen LogP contribution in [0.5, 0.6) is 0 Å². The van der Waals surface area contributed by atoms with E-state index >= 15 is 0 Å². The Hall–Kier alpha value is -0.840. The molecule has 0 aliphatic heterocycles. The minimum Gasteiger partial charge on any atom is -0.316 e. The van der Waals surface area contributed by atoms with E-state index in [1.54, 1.807) is 11.8 Å². The molecule has 1 aromatic carbocycles. The molecule has 0 saturated carbocycles. The van der Waals surface area contributed by atoms with Gasteiger partial charge in [0.2, 0.25) is 0 Å². The summed E-state index contributed by atoms with van der Waals surface area (Å²) in [5.41, 5.74) is 1.20. The highest BCUT2D eigenvalue weighted by Crippen LogP contribution is 2.31. The SMILES string of the molecule is CNCc1ccc(Sc2ccccc2Br)nc1. The van der Waals surface area contributed by atoms with Crippen LogP contribution in [-0.4, -0.2) is 12.0 Å². The van der Waals surface area contributed by atoms with E-state index in [1.165, 1.54) is 10.5 Å². The number of aromatic nitrogens is 1. The largest absolute Gasteiger partial charge is 0.316 e. The topological polar surface area (TPSA) is 24.9 Å². The predicted molar refractivity (Wildman–Crippen MR) is 75.3 cm³/mol. The van der Waals surface area contributed by atoms with Crippen LogP contribution in [0.3, 0.4) is 0 Å². The van der Waals surface area contributed by atoms with Crippen molar-refractivity contribution in [1.29, 1.82) is 0 Å². The van der Waals surface area contributed by atoms with Gasteiger partial charge in [0, 0.05) is 22.1 Å². The number of benzene rings is 1. The van der Waals surface area contributed by atoms with Gasteiger partial charge in [-0.3, -0.25) is 0 Å². The number of hydrogen-bond acceptors (Lipinski definition) is 3. The third-order valence-electron chi connectivity index (χ3n) is 2.23. The fraction of sp³-hybridized carbons (Fsp3) is 0.154. The maximum absolute atomic E-state index is 4.44. The molecule has 0 aliphatic rings. The lowest BCUT2D eigenvalue weighted by Crippen LogP contribution is -2.04. The number of nitrogens with one attached hydrogen (secondary N) is 1. The summed E-state index contributed by atoms with van der Waals surface area (Å²) < 4.78 is 1.10. The van der Waals surface area contributed by atoms with Gasteiger partial charge in [-0.2, -0.15) is 0 Å². The molecule has 2 nitrogen and oxygen atoms in total. The van der Waals surface area contributed by atoms with E-state index in [0.717, 1.165) is 16.0 Å². The molecule has 2 rings (SSSR count). The van der Waals surface area contributed by atoms with Crippen molar-refractivity contribution in [1.82, 2.24) is 10.3 Å². The van der Waals surface area contributed by atoms with Gasteiger partial charge in [0.15, 0.2) is 0 Å². The molecule has 0 fully saturated rings. The molecule has 0 spiro atoms. The Bertz CT molecular complexity index is 485. The monoisotopic (exact) mass is 308 g/mol. The second-order valence-corrected chi connectivity index (χ2v) is 5.48. The van der Waals surface area contributed by atoms with E-state index in [4.69, 9.17) is 0 Å². The molecular weight excluding hydrogens is 296 g/mol. The maximum atomic E-state index is 4.44. The number of hydrogen-bond donors (Lipinski definition) is 1. The fourth-order valence-corrected chi connectivity index (χ4v) is 2.73. The number of rotatable bonds is 4. The Morgan fingerprint density at radius 1 is 1.24 bits per heavy atom. The molecule has 0 atom stereocenters. The normalized spacial score (nSPS) is 10.5. The number of nitrogens with zero attached hydrogens (tertiary/aromatic N) is 1. The van der Waals surface area contributed by atoms with Crippen molar-refractivity contribution in [2.75, 3.05) is 7.05 Å². The molecule has 88 valence electrons. The zero-order valence-corrected chi connectivity index (χ0v) is 11.9. The Kier molecular flexibility index (Phi) is 4.59. The molecule has 4 heteroatoms. The van der Waals surface area contributed by atoms with Crippen LogP contribution in [0.25, 0.3) is 0 Å². The van der Waals surface area contributed by atoms with Crippen molar-refractivity contribution in [3.05, 3.63) is 52.6 Å². The van der Waals surface area contributed by atoms with Gasteiger partial charge >= 0.3 is 0 Å². The van der Waals surface area contributed by atoms with Crippen LogP contribution in [0.1, 0.15) is 5.56 Å². The van der Waals surface area contributed by atoms with E-state index < -0.39 is 0 Å². The van der Waals surface area contributed by atoms with Crippen LogP contribution in [0, 0.1) is 0 Å². The van der Waals surface area contributed by atoms with Gasteiger partial charge in [-0.05, 0) is 46.7 Å². The van der Waals surface area contributed by atoms with Crippen LogP contribution in [0.4, 0.5) is 0 Å². The van der Waals surface area contributed by atoms with E-state index in [-0.39, 0.29) is 0 Å². The quantitative estimate of drug-likeness (QED) is 0.932. The zero-order valence-electron chi connectivity index (χ0n) is 9.48. The molecule has 0 amide bonds. The molecular formula is C13H13BrN2S.